The molecule has 0 aromatic heterocycles. The summed E-state index contributed by atoms with van der Waals surface area (Å²) < 4.78 is 0. The minimum Gasteiger partial charge on any atom is -0.331 e. The van der Waals surface area contributed by atoms with Crippen LogP contribution in [0.1, 0.15) is 53.7 Å². The van der Waals surface area contributed by atoms with Crippen LogP contribution in [0, 0.1) is 6.92 Å². The molecule has 0 aliphatic heterocycles. The van der Waals surface area contributed by atoms with Crippen molar-refractivity contribution in [2.75, 3.05) is 5.32 Å². The number of carbonyl (C=O) groups excluding carboxylic acids is 1. The van der Waals surface area contributed by atoms with Gasteiger partial charge in [0.1, 0.15) is 0 Å². The van der Waals surface area contributed by atoms with Crippen LogP contribution in [0.3, 0.4) is 0 Å². The molecule has 2 aromatic carbocycles. The molecule has 2 aromatic rings. The van der Waals surface area contributed by atoms with Crippen molar-refractivity contribution in [3.63, 3.8) is 0 Å². The first kappa shape index (κ1) is 18.9. The number of benzene rings is 2. The van der Waals surface area contributed by atoms with Gasteiger partial charge in [-0.25, -0.2) is 0 Å². The summed E-state index contributed by atoms with van der Waals surface area (Å²) in [6, 6.07) is 13.7. The Bertz CT molecular complexity index is 754. The van der Waals surface area contributed by atoms with Crippen LogP contribution in [-0.2, 0) is 6.42 Å². The number of para-hydroxylation sites is 1. The van der Waals surface area contributed by atoms with E-state index in [1.807, 2.05) is 43.3 Å². The van der Waals surface area contributed by atoms with E-state index in [2.05, 4.69) is 43.0 Å². The number of rotatable bonds is 4. The van der Waals surface area contributed by atoms with Gasteiger partial charge in [0, 0.05) is 11.3 Å². The molecule has 0 aliphatic carbocycles. The molecule has 25 heavy (non-hydrogen) atoms. The first-order valence-corrected chi connectivity index (χ1v) is 8.89. The Morgan fingerprint density at radius 3 is 2.36 bits per heavy atom. The van der Waals surface area contributed by atoms with E-state index in [1.165, 1.54) is 11.1 Å². The average molecular weight is 356 g/mol. The summed E-state index contributed by atoms with van der Waals surface area (Å²) in [4.78, 5) is 12.2. The van der Waals surface area contributed by atoms with E-state index in [0.717, 1.165) is 17.7 Å². The molecule has 0 fully saturated rings. The van der Waals surface area contributed by atoms with Crippen LogP contribution in [0.5, 0.6) is 0 Å². The van der Waals surface area contributed by atoms with E-state index in [-0.39, 0.29) is 5.91 Å². The molecule has 0 bridgehead atoms. The van der Waals surface area contributed by atoms with E-state index in [1.54, 1.807) is 0 Å². The molecular weight excluding hydrogens is 330 g/mol. The Hall–Kier alpha value is -2.40. The lowest BCUT2D eigenvalue weighted by Gasteiger charge is -2.16. The third kappa shape index (κ3) is 5.03. The normalized spacial score (nSPS) is 10.4. The molecule has 0 radical (unpaired) electrons. The number of anilines is 1. The zero-order valence-corrected chi connectivity index (χ0v) is 16.0. The highest BCUT2D eigenvalue weighted by Crippen LogP contribution is 2.20. The lowest BCUT2D eigenvalue weighted by molar-refractivity contribution is 0.0944. The predicted octanol–water partition coefficient (Wildman–Crippen LogP) is 4.31. The van der Waals surface area contributed by atoms with E-state index in [9.17, 15) is 4.79 Å². The van der Waals surface area contributed by atoms with Crippen molar-refractivity contribution in [3.8, 4) is 0 Å². The van der Waals surface area contributed by atoms with Crippen LogP contribution in [0.4, 0.5) is 5.69 Å². The fraction of sp³-hybridized carbons (Fsp3) is 0.300. The van der Waals surface area contributed by atoms with Crippen LogP contribution in [0.15, 0.2) is 42.5 Å². The second-order valence-corrected chi connectivity index (χ2v) is 6.68. The fourth-order valence-corrected chi connectivity index (χ4v) is 2.70. The number of hydrogen-bond acceptors (Lipinski definition) is 2. The third-order valence-electron chi connectivity index (χ3n) is 4.11. The van der Waals surface area contributed by atoms with Gasteiger partial charge < -0.3 is 5.32 Å². The summed E-state index contributed by atoms with van der Waals surface area (Å²) in [7, 11) is 0. The topological polar surface area (TPSA) is 53.2 Å². The summed E-state index contributed by atoms with van der Waals surface area (Å²) in [6.07, 6.45) is 0.904. The Morgan fingerprint density at radius 1 is 1.08 bits per heavy atom. The Labute approximate surface area is 155 Å². The monoisotopic (exact) mass is 355 g/mol. The van der Waals surface area contributed by atoms with E-state index < -0.39 is 0 Å². The fourth-order valence-electron chi connectivity index (χ4n) is 2.55. The Kier molecular flexibility index (Phi) is 6.53. The molecule has 0 saturated carbocycles. The maximum absolute atomic E-state index is 12.2. The summed E-state index contributed by atoms with van der Waals surface area (Å²) in [5.74, 6) is 0.217. The van der Waals surface area contributed by atoms with Crippen LogP contribution in [-0.4, -0.2) is 11.0 Å². The Morgan fingerprint density at radius 2 is 1.76 bits per heavy atom. The van der Waals surface area contributed by atoms with Crippen molar-refractivity contribution in [3.05, 3.63) is 64.7 Å². The van der Waals surface area contributed by atoms with Gasteiger partial charge in [-0.2, -0.15) is 0 Å². The lowest BCUT2D eigenvalue weighted by Crippen LogP contribution is -2.44. The van der Waals surface area contributed by atoms with Gasteiger partial charge >= 0.3 is 0 Å². The predicted molar refractivity (Wildman–Crippen MR) is 108 cm³/mol. The molecule has 0 heterocycles. The number of amides is 1. The number of nitrogens with one attached hydrogen (secondary N) is 3. The van der Waals surface area contributed by atoms with Crippen LogP contribution in [0.25, 0.3) is 0 Å². The van der Waals surface area contributed by atoms with Crippen molar-refractivity contribution in [1.29, 1.82) is 0 Å². The first-order chi connectivity index (χ1) is 11.9. The number of aryl methyl sites for hydroxylation is 2. The molecule has 3 N–H and O–H groups in total. The van der Waals surface area contributed by atoms with Gasteiger partial charge in [0.15, 0.2) is 5.11 Å². The summed E-state index contributed by atoms with van der Waals surface area (Å²) in [5, 5.41) is 3.52. The number of thiocarbonyl (C=S) groups is 1. The molecule has 4 nitrogen and oxygen atoms in total. The van der Waals surface area contributed by atoms with Crippen LogP contribution in [0.2, 0.25) is 0 Å². The highest BCUT2D eigenvalue weighted by molar-refractivity contribution is 7.80. The molecule has 132 valence electrons. The maximum Gasteiger partial charge on any atom is 0.269 e. The smallest absolute Gasteiger partial charge is 0.269 e. The van der Waals surface area contributed by atoms with Gasteiger partial charge in [-0.3, -0.25) is 15.6 Å². The van der Waals surface area contributed by atoms with E-state index in [4.69, 9.17) is 12.2 Å². The Balaban J connectivity index is 1.95. The molecular formula is C20H25N3OS. The maximum atomic E-state index is 12.2. The number of hydrogen-bond donors (Lipinski definition) is 3. The van der Waals surface area contributed by atoms with Crippen molar-refractivity contribution >= 4 is 28.9 Å². The van der Waals surface area contributed by atoms with Gasteiger partial charge in [-0.05, 0) is 60.3 Å². The summed E-state index contributed by atoms with van der Waals surface area (Å²) in [5.41, 5.74) is 10.5. The van der Waals surface area contributed by atoms with Crippen LogP contribution >= 0.6 is 12.2 Å². The van der Waals surface area contributed by atoms with Gasteiger partial charge in [0.2, 0.25) is 0 Å². The number of carbonyl (C=O) groups is 1. The molecule has 0 atom stereocenters. The van der Waals surface area contributed by atoms with Crippen molar-refractivity contribution in [2.24, 2.45) is 0 Å². The van der Waals surface area contributed by atoms with Crippen molar-refractivity contribution in [2.45, 2.75) is 40.0 Å². The first-order valence-electron chi connectivity index (χ1n) is 8.48. The molecule has 0 aliphatic rings. The standard InChI is InChI=1S/C20H25N3OS/c1-5-15-8-6-7-14(4)18(15)21-20(25)23-22-19(24)17-11-9-16(10-12-17)13(2)3/h6-13H,5H2,1-4H3,(H,22,24)(H2,21,23,25). The highest BCUT2D eigenvalue weighted by Gasteiger charge is 2.09. The van der Waals surface area contributed by atoms with E-state index >= 15 is 0 Å². The molecule has 0 spiro atoms. The zero-order chi connectivity index (χ0) is 18.4. The second kappa shape index (κ2) is 8.62. The molecule has 1 amide bonds. The summed E-state index contributed by atoms with van der Waals surface area (Å²) >= 11 is 5.29. The minimum atomic E-state index is -0.222. The molecule has 2 rings (SSSR count). The van der Waals surface area contributed by atoms with Gasteiger partial charge in [-0.1, -0.05) is 51.1 Å². The SMILES string of the molecule is CCc1cccc(C)c1NC(=S)NNC(=O)c1ccc(C(C)C)cc1. The second-order valence-electron chi connectivity index (χ2n) is 6.27. The lowest BCUT2D eigenvalue weighted by atomic mass is 10.0. The van der Waals surface area contributed by atoms with Crippen molar-refractivity contribution < 1.29 is 4.79 Å². The van der Waals surface area contributed by atoms with E-state index in [0.29, 0.717) is 16.6 Å². The molecule has 5 heteroatoms. The van der Waals surface area contributed by atoms with Crippen LogP contribution < -0.4 is 16.2 Å². The highest BCUT2D eigenvalue weighted by atomic mass is 32.1. The minimum absolute atomic E-state index is 0.222. The van der Waals surface area contributed by atoms with Gasteiger partial charge in [0.25, 0.3) is 5.91 Å². The molecule has 0 saturated heterocycles. The average Bonchev–Trinajstić information content (AvgIpc) is 2.61. The van der Waals surface area contributed by atoms with Gasteiger partial charge in [0.05, 0.1) is 0 Å². The third-order valence-corrected chi connectivity index (χ3v) is 4.31. The summed E-state index contributed by atoms with van der Waals surface area (Å²) in [6.45, 7) is 8.37. The van der Waals surface area contributed by atoms with Crippen molar-refractivity contribution in [1.82, 2.24) is 10.9 Å². The quantitative estimate of drug-likeness (QED) is 0.565. The van der Waals surface area contributed by atoms with Gasteiger partial charge in [-0.15, -0.1) is 0 Å². The zero-order valence-electron chi connectivity index (χ0n) is 15.1. The largest absolute Gasteiger partial charge is 0.331 e. The molecule has 0 unspecified atom stereocenters. The number of hydrazine groups is 1.